The maximum absolute atomic E-state index is 12.5. The normalized spacial score (nSPS) is 12.2. The zero-order valence-electron chi connectivity index (χ0n) is 16.5. The average Bonchev–Trinajstić information content (AvgIpc) is 2.71. The molecule has 9 heteroatoms. The van der Waals surface area contributed by atoms with E-state index in [4.69, 9.17) is 4.74 Å². The summed E-state index contributed by atoms with van der Waals surface area (Å²) in [5.74, 6) is -0.113. The van der Waals surface area contributed by atoms with E-state index in [1.54, 1.807) is 13.0 Å². The number of alkyl halides is 3. The SMILES string of the molecule is C=CC(=O)NCc1cc(-c2ccc(NC(F)(F)F)cc2)c(C)c(OC)c1C(O)CO. The van der Waals surface area contributed by atoms with Crippen molar-refractivity contribution in [2.45, 2.75) is 25.9 Å². The first-order valence-electron chi connectivity index (χ1n) is 8.96. The van der Waals surface area contributed by atoms with Crippen molar-refractivity contribution in [1.82, 2.24) is 5.32 Å². The van der Waals surface area contributed by atoms with Gasteiger partial charge in [0, 0.05) is 17.8 Å². The van der Waals surface area contributed by atoms with E-state index in [2.05, 4.69) is 11.9 Å². The van der Waals surface area contributed by atoms with Crippen molar-refractivity contribution >= 4 is 11.6 Å². The highest BCUT2D eigenvalue weighted by Gasteiger charge is 2.27. The minimum Gasteiger partial charge on any atom is -0.496 e. The molecule has 0 aliphatic heterocycles. The van der Waals surface area contributed by atoms with Crippen LogP contribution in [-0.2, 0) is 11.3 Å². The lowest BCUT2D eigenvalue weighted by Gasteiger charge is -2.22. The molecule has 2 rings (SSSR count). The van der Waals surface area contributed by atoms with Crippen molar-refractivity contribution in [3.63, 3.8) is 0 Å². The summed E-state index contributed by atoms with van der Waals surface area (Å²) in [7, 11) is 1.40. The smallest absolute Gasteiger partial charge is 0.482 e. The van der Waals surface area contributed by atoms with Crippen LogP contribution < -0.4 is 15.4 Å². The monoisotopic (exact) mass is 424 g/mol. The lowest BCUT2D eigenvalue weighted by atomic mass is 9.90. The third-order valence-corrected chi connectivity index (χ3v) is 4.48. The number of carbonyl (C=O) groups is 1. The highest BCUT2D eigenvalue weighted by atomic mass is 19.4. The van der Waals surface area contributed by atoms with Gasteiger partial charge in [-0.25, -0.2) is 0 Å². The standard InChI is InChI=1S/C21H23F3N2O4/c1-4-18(29)25-10-14-9-16(12(2)20(30-3)19(14)17(28)11-27)13-5-7-15(8-6-13)26-21(22,23)24/h4-9,17,26-28H,1,10-11H2,2-3H3,(H,25,29). The second-order valence-electron chi connectivity index (χ2n) is 6.48. The number of hydrogen-bond donors (Lipinski definition) is 4. The van der Waals surface area contributed by atoms with E-state index in [0.29, 0.717) is 33.6 Å². The second-order valence-corrected chi connectivity index (χ2v) is 6.48. The van der Waals surface area contributed by atoms with E-state index in [-0.39, 0.29) is 12.2 Å². The van der Waals surface area contributed by atoms with Gasteiger partial charge in [-0.3, -0.25) is 10.1 Å². The first-order valence-corrected chi connectivity index (χ1v) is 8.96. The van der Waals surface area contributed by atoms with E-state index in [0.717, 1.165) is 6.08 Å². The Bertz CT molecular complexity index is 912. The lowest BCUT2D eigenvalue weighted by Crippen LogP contribution is -2.22. The summed E-state index contributed by atoms with van der Waals surface area (Å²) in [4.78, 5) is 11.6. The Morgan fingerprint density at radius 1 is 1.30 bits per heavy atom. The maximum atomic E-state index is 12.5. The Hall–Kier alpha value is -3.04. The molecule has 0 aromatic heterocycles. The average molecular weight is 424 g/mol. The fourth-order valence-electron chi connectivity index (χ4n) is 3.15. The number of anilines is 1. The van der Waals surface area contributed by atoms with Crippen LogP contribution in [0.25, 0.3) is 11.1 Å². The molecule has 1 unspecified atom stereocenters. The van der Waals surface area contributed by atoms with Gasteiger partial charge in [-0.1, -0.05) is 18.7 Å². The number of halogens is 3. The number of rotatable bonds is 8. The molecule has 1 atom stereocenters. The molecule has 0 saturated carbocycles. The van der Waals surface area contributed by atoms with Gasteiger partial charge in [0.2, 0.25) is 5.91 Å². The van der Waals surface area contributed by atoms with Gasteiger partial charge in [-0.2, -0.15) is 13.2 Å². The van der Waals surface area contributed by atoms with Crippen molar-refractivity contribution in [3.05, 3.63) is 59.7 Å². The lowest BCUT2D eigenvalue weighted by molar-refractivity contribution is -0.116. The van der Waals surface area contributed by atoms with Gasteiger partial charge in [0.15, 0.2) is 0 Å². The van der Waals surface area contributed by atoms with Crippen molar-refractivity contribution in [3.8, 4) is 16.9 Å². The third kappa shape index (κ3) is 5.52. The Kier molecular flexibility index (Phi) is 7.47. The molecular formula is C21H23F3N2O4. The number of benzene rings is 2. The van der Waals surface area contributed by atoms with Crippen LogP contribution in [0.3, 0.4) is 0 Å². The van der Waals surface area contributed by atoms with Crippen molar-refractivity contribution < 1.29 is 32.9 Å². The molecule has 6 nitrogen and oxygen atoms in total. The molecule has 0 saturated heterocycles. The van der Waals surface area contributed by atoms with Gasteiger partial charge >= 0.3 is 6.30 Å². The highest BCUT2D eigenvalue weighted by molar-refractivity contribution is 5.87. The Labute approximate surface area is 172 Å². The molecule has 162 valence electrons. The van der Waals surface area contributed by atoms with Gasteiger partial charge < -0.3 is 20.3 Å². The Morgan fingerprint density at radius 2 is 1.93 bits per heavy atom. The van der Waals surface area contributed by atoms with Crippen molar-refractivity contribution in [1.29, 1.82) is 0 Å². The molecule has 4 N–H and O–H groups in total. The Morgan fingerprint density at radius 3 is 2.43 bits per heavy atom. The molecule has 1 amide bonds. The number of nitrogens with one attached hydrogen (secondary N) is 2. The van der Waals surface area contributed by atoms with Crippen molar-refractivity contribution in [2.75, 3.05) is 19.0 Å². The zero-order valence-corrected chi connectivity index (χ0v) is 16.5. The van der Waals surface area contributed by atoms with Crippen LogP contribution in [0.5, 0.6) is 5.75 Å². The molecule has 30 heavy (non-hydrogen) atoms. The molecule has 0 bridgehead atoms. The fraction of sp³-hybridized carbons (Fsp3) is 0.286. The van der Waals surface area contributed by atoms with E-state index in [9.17, 15) is 28.2 Å². The molecule has 2 aromatic carbocycles. The first-order chi connectivity index (χ1) is 14.1. The van der Waals surface area contributed by atoms with Crippen LogP contribution in [0.4, 0.5) is 18.9 Å². The number of methoxy groups -OCH3 is 1. The number of ether oxygens (including phenoxy) is 1. The first kappa shape index (κ1) is 23.2. The summed E-state index contributed by atoms with van der Waals surface area (Å²) in [6.07, 6.45) is -4.69. The predicted octanol–water partition coefficient (Wildman–Crippen LogP) is 3.43. The quantitative estimate of drug-likeness (QED) is 0.385. The van der Waals surface area contributed by atoms with E-state index < -0.39 is 24.9 Å². The second kappa shape index (κ2) is 9.64. The predicted molar refractivity (Wildman–Crippen MR) is 107 cm³/mol. The number of hydrogen-bond acceptors (Lipinski definition) is 5. The topological polar surface area (TPSA) is 90.8 Å². The maximum Gasteiger partial charge on any atom is 0.482 e. The third-order valence-electron chi connectivity index (χ3n) is 4.48. The zero-order chi connectivity index (χ0) is 22.5. The molecule has 0 aliphatic rings. The van der Waals surface area contributed by atoms with Gasteiger partial charge in [0.1, 0.15) is 11.9 Å². The van der Waals surface area contributed by atoms with Crippen LogP contribution in [0.1, 0.15) is 22.8 Å². The van der Waals surface area contributed by atoms with E-state index in [1.807, 2.05) is 0 Å². The molecular weight excluding hydrogens is 401 g/mol. The van der Waals surface area contributed by atoms with E-state index >= 15 is 0 Å². The number of aliphatic hydroxyl groups is 2. The van der Waals surface area contributed by atoms with Crippen LogP contribution in [0.2, 0.25) is 0 Å². The summed E-state index contributed by atoms with van der Waals surface area (Å²) in [5.41, 5.74) is 2.57. The molecule has 0 radical (unpaired) electrons. The van der Waals surface area contributed by atoms with Gasteiger partial charge in [0.05, 0.1) is 13.7 Å². The largest absolute Gasteiger partial charge is 0.496 e. The number of aliphatic hydroxyl groups excluding tert-OH is 2. The molecule has 0 spiro atoms. The molecule has 0 heterocycles. The summed E-state index contributed by atoms with van der Waals surface area (Å²) < 4.78 is 43.0. The van der Waals surface area contributed by atoms with Crippen LogP contribution in [0.15, 0.2) is 43.0 Å². The van der Waals surface area contributed by atoms with E-state index in [1.165, 1.54) is 36.7 Å². The molecule has 2 aromatic rings. The Balaban J connectivity index is 2.56. The minimum atomic E-state index is -4.54. The van der Waals surface area contributed by atoms with Gasteiger partial charge in [-0.15, -0.1) is 0 Å². The summed E-state index contributed by atoms with van der Waals surface area (Å²) in [6, 6.07) is 7.32. The number of amides is 1. The summed E-state index contributed by atoms with van der Waals surface area (Å²) >= 11 is 0. The van der Waals surface area contributed by atoms with Gasteiger partial charge in [-0.05, 0) is 53.5 Å². The summed E-state index contributed by atoms with van der Waals surface area (Å²) in [5, 5.41) is 23.8. The highest BCUT2D eigenvalue weighted by Crippen LogP contribution is 2.39. The van der Waals surface area contributed by atoms with Crippen LogP contribution in [0, 0.1) is 6.92 Å². The minimum absolute atomic E-state index is 0.0224. The molecule has 0 aliphatic carbocycles. The molecule has 0 fully saturated rings. The van der Waals surface area contributed by atoms with Gasteiger partial charge in [0.25, 0.3) is 0 Å². The number of carbonyl (C=O) groups excluding carboxylic acids is 1. The van der Waals surface area contributed by atoms with Crippen LogP contribution in [-0.4, -0.2) is 36.1 Å². The van der Waals surface area contributed by atoms with Crippen LogP contribution >= 0.6 is 0 Å². The summed E-state index contributed by atoms with van der Waals surface area (Å²) in [6.45, 7) is 4.58. The van der Waals surface area contributed by atoms with Crippen molar-refractivity contribution in [2.24, 2.45) is 0 Å². The fourth-order valence-corrected chi connectivity index (χ4v) is 3.15.